The number of ketones is 1. The molecule has 0 saturated heterocycles. The van der Waals surface area contributed by atoms with E-state index in [9.17, 15) is 10.1 Å². The molecule has 0 aromatic heterocycles. The third-order valence-corrected chi connectivity index (χ3v) is 4.60. The number of nitrogens with zero attached hydrogens (tertiary/aromatic N) is 1. The molecule has 2 nitrogen and oxygen atoms in total. The highest BCUT2D eigenvalue weighted by Gasteiger charge is 2.23. The molecule has 21 heavy (non-hydrogen) atoms. The molecule has 0 amide bonds. The zero-order chi connectivity index (χ0) is 15.6. The predicted octanol–water partition coefficient (Wildman–Crippen LogP) is 5.32. The maximum atomic E-state index is 12.6. The Kier molecular flexibility index (Phi) is 4.97. The van der Waals surface area contributed by atoms with Gasteiger partial charge in [0.25, 0.3) is 0 Å². The van der Waals surface area contributed by atoms with Crippen molar-refractivity contribution in [3.05, 3.63) is 67.6 Å². The van der Waals surface area contributed by atoms with Crippen LogP contribution in [0.2, 0.25) is 0 Å². The molecule has 0 aliphatic rings. The van der Waals surface area contributed by atoms with Crippen LogP contribution in [0.15, 0.2) is 45.3 Å². The van der Waals surface area contributed by atoms with Gasteiger partial charge in [-0.3, -0.25) is 4.79 Å². The van der Waals surface area contributed by atoms with Crippen molar-refractivity contribution in [2.75, 3.05) is 0 Å². The summed E-state index contributed by atoms with van der Waals surface area (Å²) in [5.74, 6) is -0.984. The van der Waals surface area contributed by atoms with Crippen molar-refractivity contribution in [1.29, 1.82) is 5.26 Å². The van der Waals surface area contributed by atoms with E-state index >= 15 is 0 Å². The summed E-state index contributed by atoms with van der Waals surface area (Å²) in [6.45, 7) is 3.99. The van der Waals surface area contributed by atoms with Gasteiger partial charge in [0.15, 0.2) is 5.78 Å². The second-order valence-corrected chi connectivity index (χ2v) is 6.66. The van der Waals surface area contributed by atoms with Crippen molar-refractivity contribution in [3.63, 3.8) is 0 Å². The van der Waals surface area contributed by atoms with Gasteiger partial charge in [0, 0.05) is 14.5 Å². The summed E-state index contributed by atoms with van der Waals surface area (Å²) in [6.07, 6.45) is 0. The van der Waals surface area contributed by atoms with Crippen LogP contribution in [-0.2, 0) is 0 Å². The first-order chi connectivity index (χ1) is 9.93. The predicted molar refractivity (Wildman–Crippen MR) is 90.4 cm³/mol. The molecule has 0 N–H and O–H groups in total. The van der Waals surface area contributed by atoms with Crippen LogP contribution in [0, 0.1) is 25.2 Å². The van der Waals surface area contributed by atoms with Crippen LogP contribution in [0.25, 0.3) is 0 Å². The highest BCUT2D eigenvalue weighted by molar-refractivity contribution is 9.11. The lowest BCUT2D eigenvalue weighted by Gasteiger charge is -2.12. The molecular weight excluding hydrogens is 394 g/mol. The molecule has 106 valence electrons. The molecule has 2 aromatic rings. The number of Topliss-reactive ketones (excluding diaryl/α,β-unsaturated/α-hetero) is 1. The van der Waals surface area contributed by atoms with E-state index in [1.54, 1.807) is 12.1 Å². The molecule has 0 spiro atoms. The van der Waals surface area contributed by atoms with Gasteiger partial charge in [0.05, 0.1) is 6.07 Å². The fourth-order valence-corrected chi connectivity index (χ4v) is 3.32. The lowest BCUT2D eigenvalue weighted by molar-refractivity contribution is 0.0978. The quantitative estimate of drug-likeness (QED) is 0.647. The van der Waals surface area contributed by atoms with Crippen LogP contribution in [0.5, 0.6) is 0 Å². The molecule has 2 rings (SSSR count). The minimum Gasteiger partial charge on any atom is -0.292 e. The lowest BCUT2D eigenvalue weighted by atomic mass is 9.90. The molecule has 1 unspecified atom stereocenters. The average Bonchev–Trinajstić information content (AvgIpc) is 2.43. The number of hydrogen-bond acceptors (Lipinski definition) is 2. The van der Waals surface area contributed by atoms with E-state index in [-0.39, 0.29) is 5.78 Å². The third kappa shape index (κ3) is 3.42. The molecule has 0 aliphatic heterocycles. The Morgan fingerprint density at radius 3 is 2.38 bits per heavy atom. The number of hydrogen-bond donors (Lipinski definition) is 0. The molecule has 0 radical (unpaired) electrons. The van der Waals surface area contributed by atoms with E-state index in [1.165, 1.54) is 0 Å². The third-order valence-electron chi connectivity index (χ3n) is 3.45. The fraction of sp³-hybridized carbons (Fsp3) is 0.176. The van der Waals surface area contributed by atoms with Crippen LogP contribution in [0.1, 0.15) is 33.0 Å². The maximum Gasteiger partial charge on any atom is 0.185 e. The zero-order valence-corrected chi connectivity index (χ0v) is 14.8. The molecule has 0 heterocycles. The van der Waals surface area contributed by atoms with Crippen LogP contribution < -0.4 is 0 Å². The summed E-state index contributed by atoms with van der Waals surface area (Å²) < 4.78 is 1.57. The molecule has 0 aliphatic carbocycles. The van der Waals surface area contributed by atoms with Gasteiger partial charge in [-0.15, -0.1) is 0 Å². The molecule has 0 saturated carbocycles. The second-order valence-electron chi connectivity index (χ2n) is 4.89. The summed E-state index contributed by atoms with van der Waals surface area (Å²) >= 11 is 6.74. The summed E-state index contributed by atoms with van der Waals surface area (Å²) in [4.78, 5) is 12.6. The van der Waals surface area contributed by atoms with Gasteiger partial charge in [-0.2, -0.15) is 5.26 Å². The summed E-state index contributed by atoms with van der Waals surface area (Å²) in [5.41, 5.74) is 3.48. The largest absolute Gasteiger partial charge is 0.292 e. The van der Waals surface area contributed by atoms with E-state index in [4.69, 9.17) is 0 Å². The Bertz CT molecular complexity index is 747. The minimum absolute atomic E-state index is 0.194. The Hall–Kier alpha value is -1.44. The zero-order valence-electron chi connectivity index (χ0n) is 11.7. The monoisotopic (exact) mass is 405 g/mol. The number of benzene rings is 2. The second kappa shape index (κ2) is 6.55. The Morgan fingerprint density at radius 2 is 1.81 bits per heavy atom. The number of aryl methyl sites for hydroxylation is 2. The van der Waals surface area contributed by atoms with E-state index in [0.29, 0.717) is 10.0 Å². The molecule has 0 bridgehead atoms. The summed E-state index contributed by atoms with van der Waals surface area (Å²) in [7, 11) is 0. The Balaban J connectivity index is 2.43. The molecule has 2 aromatic carbocycles. The van der Waals surface area contributed by atoms with Gasteiger partial charge in [-0.05, 0) is 48.7 Å². The fourth-order valence-electron chi connectivity index (χ4n) is 2.07. The Morgan fingerprint density at radius 1 is 1.10 bits per heavy atom. The van der Waals surface area contributed by atoms with Gasteiger partial charge >= 0.3 is 0 Å². The topological polar surface area (TPSA) is 40.9 Å². The van der Waals surface area contributed by atoms with Crippen LogP contribution in [0.3, 0.4) is 0 Å². The van der Waals surface area contributed by atoms with E-state index in [0.717, 1.165) is 21.2 Å². The van der Waals surface area contributed by atoms with E-state index in [2.05, 4.69) is 37.9 Å². The first-order valence-electron chi connectivity index (χ1n) is 6.40. The number of halogens is 2. The van der Waals surface area contributed by atoms with Crippen molar-refractivity contribution in [2.45, 2.75) is 19.8 Å². The molecule has 4 heteroatoms. The lowest BCUT2D eigenvalue weighted by Crippen LogP contribution is -2.12. The minimum atomic E-state index is -0.790. The van der Waals surface area contributed by atoms with E-state index in [1.807, 2.05) is 38.1 Å². The number of rotatable bonds is 3. The van der Waals surface area contributed by atoms with Gasteiger partial charge in [0.1, 0.15) is 5.92 Å². The van der Waals surface area contributed by atoms with Gasteiger partial charge in [0.2, 0.25) is 0 Å². The number of carbonyl (C=O) groups excluding carboxylic acids is 1. The summed E-state index contributed by atoms with van der Waals surface area (Å²) in [6, 6.07) is 13.2. The van der Waals surface area contributed by atoms with Crippen LogP contribution in [0.4, 0.5) is 0 Å². The number of nitriles is 1. The van der Waals surface area contributed by atoms with Crippen molar-refractivity contribution >= 4 is 37.6 Å². The normalized spacial score (nSPS) is 11.8. The smallest absolute Gasteiger partial charge is 0.185 e. The first-order valence-corrected chi connectivity index (χ1v) is 7.98. The van der Waals surface area contributed by atoms with Crippen molar-refractivity contribution < 1.29 is 4.79 Å². The molecule has 0 fully saturated rings. The van der Waals surface area contributed by atoms with Crippen molar-refractivity contribution in [2.24, 2.45) is 0 Å². The standard InChI is InChI=1S/C17H13Br2NO/c1-10-3-4-12(7-11(10)2)15(9-20)17(21)14-6-5-13(18)8-16(14)19/h3-8,15H,1-2H3. The maximum absolute atomic E-state index is 12.6. The highest BCUT2D eigenvalue weighted by atomic mass is 79.9. The van der Waals surface area contributed by atoms with Crippen molar-refractivity contribution in [1.82, 2.24) is 0 Å². The Labute approximate surface area is 141 Å². The first kappa shape index (κ1) is 15.9. The van der Waals surface area contributed by atoms with Gasteiger partial charge in [-0.25, -0.2) is 0 Å². The van der Waals surface area contributed by atoms with Gasteiger partial charge in [-0.1, -0.05) is 50.1 Å². The summed E-state index contributed by atoms with van der Waals surface area (Å²) in [5, 5.41) is 9.42. The van der Waals surface area contributed by atoms with E-state index < -0.39 is 5.92 Å². The highest BCUT2D eigenvalue weighted by Crippen LogP contribution is 2.28. The molecule has 1 atom stereocenters. The SMILES string of the molecule is Cc1ccc(C(C#N)C(=O)c2ccc(Br)cc2Br)cc1C. The molecular formula is C17H13Br2NO. The van der Waals surface area contributed by atoms with Crippen molar-refractivity contribution in [3.8, 4) is 6.07 Å². The van der Waals surface area contributed by atoms with Crippen LogP contribution in [-0.4, -0.2) is 5.78 Å². The number of carbonyl (C=O) groups is 1. The van der Waals surface area contributed by atoms with Gasteiger partial charge < -0.3 is 0 Å². The van der Waals surface area contributed by atoms with Crippen LogP contribution >= 0.6 is 31.9 Å². The average molecular weight is 407 g/mol.